The Labute approximate surface area is 319 Å². The van der Waals surface area contributed by atoms with Crippen molar-refractivity contribution in [3.8, 4) is 0 Å². The number of carboxylic acids is 1. The monoisotopic (exact) mass is 757 g/mol. The van der Waals surface area contributed by atoms with E-state index >= 15 is 0 Å². The number of piperidine rings is 1. The van der Waals surface area contributed by atoms with Gasteiger partial charge in [0.25, 0.3) is 0 Å². The first kappa shape index (κ1) is 47.6. The lowest BCUT2D eigenvalue weighted by Gasteiger charge is -2.37. The number of amides is 4. The summed E-state index contributed by atoms with van der Waals surface area (Å²) in [4.78, 5) is 64.0. The van der Waals surface area contributed by atoms with Crippen molar-refractivity contribution in [2.45, 2.75) is 89.9 Å². The summed E-state index contributed by atoms with van der Waals surface area (Å²) in [5, 5.41) is 38.5. The Hall–Kier alpha value is -4.41. The summed E-state index contributed by atoms with van der Waals surface area (Å²) in [6.07, 6.45) is 0.853. The van der Waals surface area contributed by atoms with Crippen molar-refractivity contribution in [1.29, 1.82) is 0 Å². The molecule has 0 bridgehead atoms. The SMILES string of the molecule is CC(C)C.Cc1ccccc1.NCC(=O)NC(Cc1ccccc1)C(=O)NCC(=O)NC(CCCCNCC(O)CO)C(=O)N1CCC(N)(C(=O)O)CC1. The van der Waals surface area contributed by atoms with E-state index in [1.54, 1.807) is 24.3 Å². The van der Waals surface area contributed by atoms with Gasteiger partial charge in [0, 0.05) is 26.1 Å². The predicted octanol–water partition coefficient (Wildman–Crippen LogP) is 0.449. The number of aryl methyl sites for hydroxylation is 1. The van der Waals surface area contributed by atoms with Crippen molar-refractivity contribution in [1.82, 2.24) is 26.2 Å². The number of aliphatic hydroxyl groups is 2. The summed E-state index contributed by atoms with van der Waals surface area (Å²) in [6.45, 7) is 8.43. The Morgan fingerprint density at radius 2 is 1.43 bits per heavy atom. The van der Waals surface area contributed by atoms with Gasteiger partial charge in [0.05, 0.1) is 25.8 Å². The minimum absolute atomic E-state index is 0.0687. The molecule has 1 aliphatic rings. The maximum atomic E-state index is 13.4. The van der Waals surface area contributed by atoms with Crippen molar-refractivity contribution in [3.63, 3.8) is 0 Å². The fraction of sp³-hybridized carbons (Fsp3) is 0.564. The number of unbranched alkanes of at least 4 members (excludes halogenated alkanes) is 1. The summed E-state index contributed by atoms with van der Waals surface area (Å²) < 4.78 is 0. The molecule has 3 rings (SSSR count). The van der Waals surface area contributed by atoms with Crippen molar-refractivity contribution in [2.24, 2.45) is 17.4 Å². The summed E-state index contributed by atoms with van der Waals surface area (Å²) in [5.74, 6) is -2.42. The van der Waals surface area contributed by atoms with Crippen LogP contribution >= 0.6 is 0 Å². The van der Waals surface area contributed by atoms with Crippen LogP contribution in [-0.4, -0.2) is 119 Å². The second kappa shape index (κ2) is 26.4. The van der Waals surface area contributed by atoms with Gasteiger partial charge in [0.15, 0.2) is 0 Å². The quantitative estimate of drug-likeness (QED) is 0.0945. The Bertz CT molecular complexity index is 1390. The normalized spacial score (nSPS) is 14.9. The maximum Gasteiger partial charge on any atom is 0.323 e. The smallest absolute Gasteiger partial charge is 0.323 e. The van der Waals surface area contributed by atoms with E-state index in [9.17, 15) is 34.2 Å². The number of nitrogens with two attached hydrogens (primary N) is 2. The van der Waals surface area contributed by atoms with Gasteiger partial charge in [-0.2, -0.15) is 0 Å². The van der Waals surface area contributed by atoms with E-state index in [0.717, 1.165) is 11.5 Å². The zero-order valence-corrected chi connectivity index (χ0v) is 32.3. The van der Waals surface area contributed by atoms with Crippen molar-refractivity contribution >= 4 is 29.6 Å². The fourth-order valence-corrected chi connectivity index (χ4v) is 5.13. The van der Waals surface area contributed by atoms with Crippen LogP contribution in [-0.2, 0) is 30.4 Å². The van der Waals surface area contributed by atoms with Crippen LogP contribution in [0.25, 0.3) is 0 Å². The van der Waals surface area contributed by atoms with E-state index < -0.39 is 54.0 Å². The summed E-state index contributed by atoms with van der Waals surface area (Å²) in [7, 11) is 0. The number of nitrogens with zero attached hydrogens (tertiary/aromatic N) is 1. The van der Waals surface area contributed by atoms with Gasteiger partial charge in [-0.15, -0.1) is 0 Å². The van der Waals surface area contributed by atoms with E-state index in [4.69, 9.17) is 16.6 Å². The lowest BCUT2D eigenvalue weighted by Crippen LogP contribution is -2.59. The van der Waals surface area contributed by atoms with Gasteiger partial charge >= 0.3 is 5.97 Å². The third-order valence-electron chi connectivity index (χ3n) is 8.20. The zero-order chi connectivity index (χ0) is 40.5. The first-order chi connectivity index (χ1) is 25.6. The maximum absolute atomic E-state index is 13.4. The first-order valence-corrected chi connectivity index (χ1v) is 18.5. The summed E-state index contributed by atoms with van der Waals surface area (Å²) >= 11 is 0. The molecule has 4 amide bonds. The molecule has 2 aromatic carbocycles. The highest BCUT2D eigenvalue weighted by Crippen LogP contribution is 2.21. The van der Waals surface area contributed by atoms with Crippen LogP contribution in [0.5, 0.6) is 0 Å². The number of rotatable bonds is 18. The van der Waals surface area contributed by atoms with Gasteiger partial charge in [0.2, 0.25) is 23.6 Å². The molecule has 1 fully saturated rings. The van der Waals surface area contributed by atoms with Crippen LogP contribution in [0, 0.1) is 12.8 Å². The lowest BCUT2D eigenvalue weighted by atomic mass is 9.88. The Morgan fingerprint density at radius 1 is 0.870 bits per heavy atom. The van der Waals surface area contributed by atoms with E-state index in [1.165, 1.54) is 10.5 Å². The fourth-order valence-electron chi connectivity index (χ4n) is 5.13. The minimum Gasteiger partial charge on any atom is -0.480 e. The van der Waals surface area contributed by atoms with Crippen molar-refractivity contribution < 1.29 is 39.3 Å². The van der Waals surface area contributed by atoms with Crippen molar-refractivity contribution in [2.75, 3.05) is 45.9 Å². The highest BCUT2D eigenvalue weighted by molar-refractivity contribution is 5.93. The van der Waals surface area contributed by atoms with Gasteiger partial charge in [0.1, 0.15) is 17.6 Å². The Balaban J connectivity index is 0.00000114. The molecule has 1 aliphatic heterocycles. The number of carbonyl (C=O) groups is 5. The summed E-state index contributed by atoms with van der Waals surface area (Å²) in [6, 6.07) is 17.4. The highest BCUT2D eigenvalue weighted by atomic mass is 16.4. The standard InChI is InChI=1S/C28H45N7O8.C7H8.C4H10/c29-15-23(38)34-22(14-19-6-2-1-3-7-19)25(40)32-17-24(39)33-21(8-4-5-11-31-16-20(37)18-36)26(41)35-12-9-28(30,10-13-35)27(42)43;1-7-5-3-2-4-6-7;1-4(2)3/h1-3,6-7,20-22,31,36-37H,4-5,8-18,29-30H2,(H,32,40)(H,33,39)(H,34,38)(H,42,43);2-6H,1H3;4H,1-3H3. The molecule has 1 heterocycles. The Morgan fingerprint density at radius 3 is 1.93 bits per heavy atom. The molecule has 0 saturated carbocycles. The van der Waals surface area contributed by atoms with Gasteiger partial charge in [-0.1, -0.05) is 87.0 Å². The molecule has 54 heavy (non-hydrogen) atoms. The number of benzene rings is 2. The molecule has 3 atom stereocenters. The number of carbonyl (C=O) groups excluding carboxylic acids is 4. The van der Waals surface area contributed by atoms with Crippen LogP contribution in [0.15, 0.2) is 60.7 Å². The highest BCUT2D eigenvalue weighted by Gasteiger charge is 2.40. The number of hydrogen-bond acceptors (Lipinski definition) is 10. The number of aliphatic hydroxyl groups excluding tert-OH is 2. The first-order valence-electron chi connectivity index (χ1n) is 18.5. The molecule has 15 nitrogen and oxygen atoms in total. The van der Waals surface area contributed by atoms with E-state index in [2.05, 4.69) is 61.1 Å². The number of hydrogen-bond donors (Lipinski definition) is 9. The molecule has 2 aromatic rings. The van der Waals surface area contributed by atoms with Crippen LogP contribution in [0.4, 0.5) is 0 Å². The van der Waals surface area contributed by atoms with Crippen LogP contribution < -0.4 is 32.7 Å². The van der Waals surface area contributed by atoms with Gasteiger partial charge < -0.3 is 53.0 Å². The third kappa shape index (κ3) is 20.2. The van der Waals surface area contributed by atoms with Gasteiger partial charge in [-0.25, -0.2) is 0 Å². The summed E-state index contributed by atoms with van der Waals surface area (Å²) in [5.41, 5.74) is 12.0. The van der Waals surface area contributed by atoms with Crippen LogP contribution in [0.3, 0.4) is 0 Å². The third-order valence-corrected chi connectivity index (χ3v) is 8.20. The van der Waals surface area contributed by atoms with Gasteiger partial charge in [-0.3, -0.25) is 24.0 Å². The molecule has 11 N–H and O–H groups in total. The van der Waals surface area contributed by atoms with Gasteiger partial charge in [-0.05, 0) is 57.1 Å². The molecule has 3 unspecified atom stereocenters. The van der Waals surface area contributed by atoms with Crippen LogP contribution in [0.1, 0.15) is 64.0 Å². The molecule has 0 spiro atoms. The topological polar surface area (TPSA) is 249 Å². The number of aliphatic carboxylic acids is 1. The largest absolute Gasteiger partial charge is 0.480 e. The lowest BCUT2D eigenvalue weighted by molar-refractivity contribution is -0.148. The van der Waals surface area contributed by atoms with Crippen molar-refractivity contribution in [3.05, 3.63) is 71.8 Å². The molecule has 0 aliphatic carbocycles. The van der Waals surface area contributed by atoms with Crippen LogP contribution in [0.2, 0.25) is 0 Å². The average molecular weight is 758 g/mol. The number of likely N-dealkylation sites (tertiary alicyclic amines) is 1. The van der Waals surface area contributed by atoms with E-state index in [-0.39, 0.29) is 64.4 Å². The molecule has 0 aromatic heterocycles. The molecular formula is C39H63N7O8. The van der Waals surface area contributed by atoms with E-state index in [0.29, 0.717) is 19.4 Å². The molecule has 302 valence electrons. The average Bonchev–Trinajstić information content (AvgIpc) is 3.15. The molecule has 15 heteroatoms. The molecular weight excluding hydrogens is 694 g/mol. The number of carboxylic acid groups (broad SMARTS) is 1. The zero-order valence-electron chi connectivity index (χ0n) is 32.3. The number of nitrogens with one attached hydrogen (secondary N) is 4. The predicted molar refractivity (Wildman–Crippen MR) is 208 cm³/mol. The minimum atomic E-state index is -1.42. The molecule has 1 saturated heterocycles. The second-order valence-electron chi connectivity index (χ2n) is 14.1. The molecule has 0 radical (unpaired) electrons. The second-order valence-corrected chi connectivity index (χ2v) is 14.1. The Kier molecular flexibility index (Phi) is 23.3. The van der Waals surface area contributed by atoms with E-state index in [1.807, 2.05) is 24.3 Å².